The molecule has 0 spiro atoms. The third-order valence-electron chi connectivity index (χ3n) is 10.3. The maximum absolute atomic E-state index is 11.4. The van der Waals surface area contributed by atoms with Crippen LogP contribution in [-0.4, -0.2) is 44.0 Å². The van der Waals surface area contributed by atoms with Crippen LogP contribution in [0.4, 0.5) is 5.69 Å². The average molecular weight is 722 g/mol. The maximum atomic E-state index is 11.4. The summed E-state index contributed by atoms with van der Waals surface area (Å²) in [5.74, 6) is -0.633. The summed E-state index contributed by atoms with van der Waals surface area (Å²) in [4.78, 5) is 2.27. The molecular weight excluding hydrogens is 678 g/mol. The number of hydrogen-bond acceptors (Lipinski definition) is 6. The van der Waals surface area contributed by atoms with E-state index in [4.69, 9.17) is 0 Å². The van der Waals surface area contributed by atoms with E-state index in [1.54, 1.807) is 0 Å². The third kappa shape index (κ3) is 7.70. The monoisotopic (exact) mass is 721 g/mol. The van der Waals surface area contributed by atoms with Crippen LogP contribution in [0.1, 0.15) is 76.5 Å². The summed E-state index contributed by atoms with van der Waals surface area (Å²) in [6.45, 7) is 9.51. The molecule has 50 heavy (non-hydrogen) atoms. The van der Waals surface area contributed by atoms with E-state index in [1.165, 1.54) is 44.0 Å². The zero-order chi connectivity index (χ0) is 35.2. The van der Waals surface area contributed by atoms with Crippen molar-refractivity contribution >= 4 is 53.0 Å². The van der Waals surface area contributed by atoms with Crippen molar-refractivity contribution in [1.82, 2.24) is 0 Å². The summed E-state index contributed by atoms with van der Waals surface area (Å²) in [5.41, 5.74) is 7.53. The second-order valence-electron chi connectivity index (χ2n) is 14.3. The Labute approximate surface area is 319 Å². The molecule has 0 fully saturated rings. The minimum Gasteiger partial charge on any atom is -0.748 e. The van der Waals surface area contributed by atoms with Crippen LogP contribution >= 0.6 is 0 Å². The first-order valence-corrected chi connectivity index (χ1v) is 20.1. The predicted octanol–water partition coefficient (Wildman–Crippen LogP) is 5.66. The SMILES string of the molecule is CC1(C)C(C=CC=C2N(CCCCS(=O)(=O)[O-])c3ccc4ccccc4c3C2(C)C)=C(CCCCS(=O)(=O)O)c2ccc3ccccc3c21.[Na+]. The van der Waals surface area contributed by atoms with Crippen LogP contribution < -0.4 is 34.5 Å². The molecule has 1 aliphatic heterocycles. The molecule has 0 atom stereocenters. The van der Waals surface area contributed by atoms with Crippen LogP contribution in [0.3, 0.4) is 0 Å². The van der Waals surface area contributed by atoms with Gasteiger partial charge in [0, 0.05) is 34.5 Å². The van der Waals surface area contributed by atoms with E-state index in [-0.39, 0.29) is 51.9 Å². The third-order valence-corrected chi connectivity index (χ3v) is 11.8. The quantitative estimate of drug-likeness (QED) is 0.114. The molecule has 0 saturated heterocycles. The molecule has 2 aliphatic rings. The topological polar surface area (TPSA) is 115 Å². The maximum Gasteiger partial charge on any atom is 1.00 e. The molecule has 258 valence electrons. The summed E-state index contributed by atoms with van der Waals surface area (Å²) in [7, 11) is -8.31. The Balaban J connectivity index is 0.00000486. The number of benzene rings is 4. The van der Waals surface area contributed by atoms with Crippen molar-refractivity contribution in [1.29, 1.82) is 0 Å². The molecule has 0 aromatic heterocycles. The van der Waals surface area contributed by atoms with E-state index in [0.717, 1.165) is 16.8 Å². The van der Waals surface area contributed by atoms with Crippen molar-refractivity contribution in [2.24, 2.45) is 0 Å². The molecule has 4 aromatic carbocycles. The van der Waals surface area contributed by atoms with Gasteiger partial charge in [-0.05, 0) is 93.6 Å². The molecule has 4 aromatic rings. The molecule has 7 nitrogen and oxygen atoms in total. The first-order valence-electron chi connectivity index (χ1n) is 16.9. The standard InChI is InChI=1S/C40H45NO6S2.Na/c1-39(2)34(32(18-9-11-26-48(42,43)44)33-23-21-28-14-5-7-16-30(28)37(33)39)19-13-20-36-40(3,4)38-31-17-8-6-15-29(31)22-24-35(38)41(36)25-10-12-27-49(45,46)47;/h5-8,13-17,19-24H,9-12,18,25-27H2,1-4H3,(H,42,43,44)(H,45,46,47);/q;+1/p-1. The van der Waals surface area contributed by atoms with Crippen LogP contribution in [-0.2, 0) is 31.1 Å². The number of fused-ring (bicyclic) bond motifs is 6. The van der Waals surface area contributed by atoms with Crippen molar-refractivity contribution in [2.45, 2.75) is 70.6 Å². The first kappa shape index (κ1) is 38.5. The Morgan fingerprint density at radius 3 is 1.98 bits per heavy atom. The summed E-state index contributed by atoms with van der Waals surface area (Å²) in [6, 6.07) is 25.4. The zero-order valence-corrected chi connectivity index (χ0v) is 33.2. The van der Waals surface area contributed by atoms with Gasteiger partial charge in [-0.1, -0.05) is 107 Å². The molecule has 0 amide bonds. The molecule has 0 saturated carbocycles. The van der Waals surface area contributed by atoms with E-state index in [0.29, 0.717) is 38.6 Å². The number of anilines is 1. The van der Waals surface area contributed by atoms with Crippen molar-refractivity contribution in [3.05, 3.63) is 119 Å². The molecule has 1 heterocycles. The van der Waals surface area contributed by atoms with Gasteiger partial charge in [0.25, 0.3) is 10.1 Å². The summed E-state index contributed by atoms with van der Waals surface area (Å²) < 4.78 is 66.2. The number of hydrogen-bond donors (Lipinski definition) is 1. The van der Waals surface area contributed by atoms with Crippen LogP contribution in [0, 0.1) is 0 Å². The van der Waals surface area contributed by atoms with Crippen LogP contribution in [0.25, 0.3) is 27.1 Å². The van der Waals surface area contributed by atoms with Crippen LogP contribution in [0.5, 0.6) is 0 Å². The van der Waals surface area contributed by atoms with Gasteiger partial charge in [0.2, 0.25) is 0 Å². The molecule has 0 bridgehead atoms. The van der Waals surface area contributed by atoms with Crippen LogP contribution in [0.15, 0.2) is 102 Å². The van der Waals surface area contributed by atoms with Gasteiger partial charge in [-0.2, -0.15) is 8.42 Å². The molecule has 6 rings (SSSR count). The summed E-state index contributed by atoms with van der Waals surface area (Å²) >= 11 is 0. The Bertz CT molecular complexity index is 2250. The minimum absolute atomic E-state index is 0. The van der Waals surface area contributed by atoms with Gasteiger partial charge in [0.1, 0.15) is 0 Å². The fourth-order valence-corrected chi connectivity index (χ4v) is 9.20. The molecule has 0 unspecified atom stereocenters. The zero-order valence-electron chi connectivity index (χ0n) is 29.6. The number of allylic oxidation sites excluding steroid dienone is 6. The van der Waals surface area contributed by atoms with E-state index in [1.807, 2.05) is 12.1 Å². The normalized spacial score (nSPS) is 17.6. The van der Waals surface area contributed by atoms with Crippen molar-refractivity contribution in [3.8, 4) is 0 Å². The first-order chi connectivity index (χ1) is 23.1. The average Bonchev–Trinajstić information content (AvgIpc) is 3.39. The minimum atomic E-state index is -4.28. The van der Waals surface area contributed by atoms with Gasteiger partial charge in [0.05, 0.1) is 15.9 Å². The Hall–Kier alpha value is -2.76. The fraction of sp³-hybridized carbons (Fsp3) is 0.350. The van der Waals surface area contributed by atoms with E-state index in [9.17, 15) is 25.9 Å². The van der Waals surface area contributed by atoms with Gasteiger partial charge in [0.15, 0.2) is 0 Å². The van der Waals surface area contributed by atoms with Crippen molar-refractivity contribution in [2.75, 3.05) is 23.0 Å². The Morgan fingerprint density at radius 1 is 0.740 bits per heavy atom. The van der Waals surface area contributed by atoms with Gasteiger partial charge >= 0.3 is 29.6 Å². The number of nitrogens with zero attached hydrogens (tertiary/aromatic N) is 1. The van der Waals surface area contributed by atoms with E-state index < -0.39 is 20.2 Å². The summed E-state index contributed by atoms with van der Waals surface area (Å²) in [6.07, 6.45) is 9.00. The molecule has 1 aliphatic carbocycles. The number of rotatable bonds is 12. The largest absolute Gasteiger partial charge is 1.00 e. The van der Waals surface area contributed by atoms with E-state index in [2.05, 4.69) is 111 Å². The van der Waals surface area contributed by atoms with Gasteiger partial charge in [-0.15, -0.1) is 0 Å². The predicted molar refractivity (Wildman–Crippen MR) is 200 cm³/mol. The Kier molecular flexibility index (Phi) is 11.3. The van der Waals surface area contributed by atoms with Gasteiger partial charge in [-0.3, -0.25) is 4.55 Å². The molecule has 0 radical (unpaired) electrons. The van der Waals surface area contributed by atoms with Gasteiger partial charge < -0.3 is 9.45 Å². The molecule has 10 heteroatoms. The fourth-order valence-electron chi connectivity index (χ4n) is 8.08. The van der Waals surface area contributed by atoms with Gasteiger partial charge in [-0.25, -0.2) is 8.42 Å². The summed E-state index contributed by atoms with van der Waals surface area (Å²) in [5, 5.41) is 4.71. The molecule has 1 N–H and O–H groups in total. The van der Waals surface area contributed by atoms with Crippen LogP contribution in [0.2, 0.25) is 0 Å². The smallest absolute Gasteiger partial charge is 0.748 e. The molecular formula is C40H44NNaO6S2. The van der Waals surface area contributed by atoms with E-state index >= 15 is 0 Å². The number of unbranched alkanes of at least 4 members (excludes halogenated alkanes) is 2. The Morgan fingerprint density at radius 2 is 1.34 bits per heavy atom. The second kappa shape index (κ2) is 14.7. The second-order valence-corrected chi connectivity index (χ2v) is 17.4. The van der Waals surface area contributed by atoms with Crippen molar-refractivity contribution < 1.29 is 55.5 Å². The van der Waals surface area contributed by atoms with Crippen molar-refractivity contribution in [3.63, 3.8) is 0 Å².